The van der Waals surface area contributed by atoms with Crippen molar-refractivity contribution >= 4 is 54.3 Å². The van der Waals surface area contributed by atoms with Gasteiger partial charge in [0.05, 0.1) is 45.0 Å². The number of rotatable bonds is 3. The molecule has 0 saturated carbocycles. The summed E-state index contributed by atoms with van der Waals surface area (Å²) in [6, 6.07) is 50.4. The fraction of sp³-hybridized carbons (Fsp3) is 0. The lowest BCUT2D eigenvalue weighted by atomic mass is 10.0. The fourth-order valence-electron chi connectivity index (χ4n) is 6.07. The molecule has 4 heteroatoms. The molecule has 0 amide bonds. The topological polar surface area (TPSA) is 51.6 Å². The molecule has 0 aliphatic carbocycles. The van der Waals surface area contributed by atoms with Gasteiger partial charge in [0.15, 0.2) is 0 Å². The molecule has 4 aromatic heterocycles. The molecule has 9 rings (SSSR count). The summed E-state index contributed by atoms with van der Waals surface area (Å²) in [7, 11) is 0. The van der Waals surface area contributed by atoms with Crippen LogP contribution >= 0.6 is 0 Å². The zero-order valence-electron chi connectivity index (χ0n) is 23.6. The highest BCUT2D eigenvalue weighted by Gasteiger charge is 2.10. The largest absolute Gasteiger partial charge is 0.246 e. The van der Waals surface area contributed by atoms with Crippen LogP contribution in [0, 0.1) is 0 Å². The number of hydrogen-bond acceptors (Lipinski definition) is 4. The minimum absolute atomic E-state index is 0.848. The van der Waals surface area contributed by atoms with Crippen LogP contribution in [0.1, 0.15) is 0 Å². The highest BCUT2D eigenvalue weighted by atomic mass is 14.8. The van der Waals surface area contributed by atoms with Crippen molar-refractivity contribution in [3.8, 4) is 34.0 Å². The van der Waals surface area contributed by atoms with Crippen molar-refractivity contribution in [3.63, 3.8) is 0 Å². The van der Waals surface area contributed by atoms with Gasteiger partial charge in [0.2, 0.25) is 0 Å². The second-order valence-corrected chi connectivity index (χ2v) is 11.2. The monoisotopic (exact) mass is 560 g/mol. The van der Waals surface area contributed by atoms with Crippen LogP contribution in [0.5, 0.6) is 0 Å². The van der Waals surface area contributed by atoms with E-state index in [2.05, 4.69) is 121 Å². The van der Waals surface area contributed by atoms with Gasteiger partial charge in [-0.1, -0.05) is 78.9 Å². The molecule has 0 atom stereocenters. The van der Waals surface area contributed by atoms with Gasteiger partial charge in [-0.2, -0.15) is 0 Å². The van der Waals surface area contributed by atoms with Gasteiger partial charge < -0.3 is 0 Å². The lowest BCUT2D eigenvalue weighted by Crippen LogP contribution is -1.92. The Bertz CT molecular complexity index is 2570. The van der Waals surface area contributed by atoms with Gasteiger partial charge in [-0.3, -0.25) is 0 Å². The predicted molar refractivity (Wildman–Crippen MR) is 181 cm³/mol. The summed E-state index contributed by atoms with van der Waals surface area (Å²) in [5.74, 6) is 0. The molecule has 0 spiro atoms. The van der Waals surface area contributed by atoms with Crippen molar-refractivity contribution in [3.05, 3.63) is 146 Å². The third-order valence-electron chi connectivity index (χ3n) is 8.37. The zero-order chi connectivity index (χ0) is 29.0. The average molecular weight is 561 g/mol. The first-order valence-corrected chi connectivity index (χ1v) is 14.7. The van der Waals surface area contributed by atoms with Gasteiger partial charge in [0, 0.05) is 21.7 Å². The van der Waals surface area contributed by atoms with Crippen LogP contribution < -0.4 is 0 Å². The summed E-state index contributed by atoms with van der Waals surface area (Å²) < 4.78 is 0. The van der Waals surface area contributed by atoms with Crippen LogP contribution in [-0.2, 0) is 0 Å². The van der Waals surface area contributed by atoms with Crippen LogP contribution in [0.15, 0.2) is 146 Å². The summed E-state index contributed by atoms with van der Waals surface area (Å²) in [5, 5.41) is 8.11. The van der Waals surface area contributed by atoms with Crippen LogP contribution in [0.3, 0.4) is 0 Å². The molecular weight excluding hydrogens is 536 g/mol. The van der Waals surface area contributed by atoms with Crippen molar-refractivity contribution in [2.45, 2.75) is 0 Å². The molecule has 0 aliphatic heterocycles. The molecule has 0 fully saturated rings. The summed E-state index contributed by atoms with van der Waals surface area (Å²) in [6.45, 7) is 0. The van der Waals surface area contributed by atoms with Crippen LogP contribution in [0.4, 0.5) is 0 Å². The Hall–Kier alpha value is -6.00. The molecule has 204 valence electrons. The Morgan fingerprint density at radius 3 is 1.27 bits per heavy atom. The summed E-state index contributed by atoms with van der Waals surface area (Å²) in [6.07, 6.45) is 0. The van der Waals surface area contributed by atoms with E-state index in [1.165, 1.54) is 21.5 Å². The Labute approximate surface area is 253 Å². The molecule has 4 heterocycles. The first-order valence-electron chi connectivity index (χ1n) is 14.7. The minimum atomic E-state index is 0.848. The standard InChI is InChI=1S/C40H24N4/c1-3-8-27-23-39-31(20-25(27)6-1)14-18-36(43-39)35-11-5-10-33(41-35)29-12-16-34-30(22-29)13-17-37(42-34)38-19-15-32-21-26-7-2-4-9-28(26)24-40(32)44-38/h1-24H. The number of benzene rings is 5. The van der Waals surface area contributed by atoms with E-state index in [0.29, 0.717) is 0 Å². The van der Waals surface area contributed by atoms with Crippen LogP contribution in [0.2, 0.25) is 0 Å². The average Bonchev–Trinajstić information content (AvgIpc) is 3.09. The molecular formula is C40H24N4. The molecule has 0 N–H and O–H groups in total. The van der Waals surface area contributed by atoms with Gasteiger partial charge in [0.1, 0.15) is 0 Å². The number of hydrogen-bond donors (Lipinski definition) is 0. The van der Waals surface area contributed by atoms with E-state index in [-0.39, 0.29) is 0 Å². The maximum absolute atomic E-state index is 5.01. The molecule has 0 unspecified atom stereocenters. The SMILES string of the molecule is c1cc(-c2ccc3nc(-c4ccc5cc6ccccc6cc5n4)ccc3c2)nc(-c2ccc3cc4ccccc4cc3n2)c1. The number of pyridine rings is 4. The summed E-state index contributed by atoms with van der Waals surface area (Å²) >= 11 is 0. The second kappa shape index (κ2) is 9.79. The highest BCUT2D eigenvalue weighted by Crippen LogP contribution is 2.29. The van der Waals surface area contributed by atoms with E-state index in [1.54, 1.807) is 0 Å². The Morgan fingerprint density at radius 1 is 0.250 bits per heavy atom. The van der Waals surface area contributed by atoms with Gasteiger partial charge in [-0.25, -0.2) is 19.9 Å². The maximum atomic E-state index is 5.01. The Morgan fingerprint density at radius 2 is 0.705 bits per heavy atom. The molecule has 0 aliphatic rings. The molecule has 0 bridgehead atoms. The summed E-state index contributed by atoms with van der Waals surface area (Å²) in [5.41, 5.74) is 8.23. The maximum Gasteiger partial charge on any atom is 0.0894 e. The highest BCUT2D eigenvalue weighted by molar-refractivity contribution is 5.98. The molecule has 4 nitrogen and oxygen atoms in total. The third kappa shape index (κ3) is 4.24. The zero-order valence-corrected chi connectivity index (χ0v) is 23.6. The van der Waals surface area contributed by atoms with Crippen LogP contribution in [0.25, 0.3) is 88.3 Å². The molecule has 0 radical (unpaired) electrons. The molecule has 0 saturated heterocycles. The third-order valence-corrected chi connectivity index (χ3v) is 8.37. The Balaban J connectivity index is 1.05. The summed E-state index contributed by atoms with van der Waals surface area (Å²) in [4.78, 5) is 19.9. The van der Waals surface area contributed by atoms with Gasteiger partial charge in [-0.15, -0.1) is 0 Å². The van der Waals surface area contributed by atoms with Crippen molar-refractivity contribution in [1.82, 2.24) is 19.9 Å². The predicted octanol–water partition coefficient (Wildman–Crippen LogP) is 10.0. The number of fused-ring (bicyclic) bond motifs is 5. The normalized spacial score (nSPS) is 11.6. The number of aromatic nitrogens is 4. The lowest BCUT2D eigenvalue weighted by Gasteiger charge is -2.09. The van der Waals surface area contributed by atoms with E-state index < -0.39 is 0 Å². The first kappa shape index (κ1) is 24.6. The second-order valence-electron chi connectivity index (χ2n) is 11.2. The van der Waals surface area contributed by atoms with Gasteiger partial charge in [-0.05, 0) is 88.3 Å². The smallest absolute Gasteiger partial charge is 0.0894 e. The van der Waals surface area contributed by atoms with Crippen molar-refractivity contribution in [2.75, 3.05) is 0 Å². The van der Waals surface area contributed by atoms with Gasteiger partial charge >= 0.3 is 0 Å². The lowest BCUT2D eigenvalue weighted by molar-refractivity contribution is 1.28. The van der Waals surface area contributed by atoms with E-state index >= 15 is 0 Å². The molecule has 44 heavy (non-hydrogen) atoms. The minimum Gasteiger partial charge on any atom is -0.246 e. The van der Waals surface area contributed by atoms with Crippen molar-refractivity contribution < 1.29 is 0 Å². The van der Waals surface area contributed by atoms with Gasteiger partial charge in [0.25, 0.3) is 0 Å². The Kier molecular flexibility index (Phi) is 5.47. The van der Waals surface area contributed by atoms with E-state index in [0.717, 1.165) is 66.7 Å². The van der Waals surface area contributed by atoms with Crippen LogP contribution in [-0.4, -0.2) is 19.9 Å². The van der Waals surface area contributed by atoms with E-state index in [9.17, 15) is 0 Å². The quantitative estimate of drug-likeness (QED) is 0.202. The van der Waals surface area contributed by atoms with Crippen molar-refractivity contribution in [1.29, 1.82) is 0 Å². The molecule has 9 aromatic rings. The van der Waals surface area contributed by atoms with E-state index in [1.807, 2.05) is 24.3 Å². The number of nitrogens with zero attached hydrogens (tertiary/aromatic N) is 4. The first-order chi connectivity index (χ1) is 21.7. The fourth-order valence-corrected chi connectivity index (χ4v) is 6.07. The molecule has 5 aromatic carbocycles. The van der Waals surface area contributed by atoms with E-state index in [4.69, 9.17) is 19.9 Å². The van der Waals surface area contributed by atoms with Crippen molar-refractivity contribution in [2.24, 2.45) is 0 Å².